The SMILES string of the molecule is COc1ccc(CC(=O)NC2CCN(CC[C@@H](N)c3ccccc3)CC2)cc1. The summed E-state index contributed by atoms with van der Waals surface area (Å²) in [5, 5.41) is 3.19. The smallest absolute Gasteiger partial charge is 0.224 e. The molecule has 3 N–H and O–H groups in total. The minimum Gasteiger partial charge on any atom is -0.497 e. The van der Waals surface area contributed by atoms with Crippen molar-refractivity contribution in [1.82, 2.24) is 10.2 Å². The van der Waals surface area contributed by atoms with Gasteiger partial charge in [0.05, 0.1) is 13.5 Å². The third-order valence-corrected chi connectivity index (χ3v) is 5.46. The molecule has 1 saturated heterocycles. The zero-order valence-corrected chi connectivity index (χ0v) is 16.6. The Hall–Kier alpha value is -2.37. The summed E-state index contributed by atoms with van der Waals surface area (Å²) in [6.45, 7) is 3.02. The molecule has 5 nitrogen and oxygen atoms in total. The number of carbonyl (C=O) groups is 1. The lowest BCUT2D eigenvalue weighted by Crippen LogP contribution is -2.45. The van der Waals surface area contributed by atoms with Crippen LogP contribution in [0.4, 0.5) is 0 Å². The summed E-state index contributed by atoms with van der Waals surface area (Å²) in [6, 6.07) is 18.3. The lowest BCUT2D eigenvalue weighted by Gasteiger charge is -2.33. The number of nitrogens with zero attached hydrogens (tertiary/aromatic N) is 1. The van der Waals surface area contributed by atoms with Gasteiger partial charge in [-0.1, -0.05) is 42.5 Å². The Morgan fingerprint density at radius 1 is 1.14 bits per heavy atom. The van der Waals surface area contributed by atoms with Gasteiger partial charge < -0.3 is 20.7 Å². The lowest BCUT2D eigenvalue weighted by molar-refractivity contribution is -0.121. The highest BCUT2D eigenvalue weighted by molar-refractivity contribution is 5.78. The van der Waals surface area contributed by atoms with Crippen molar-refractivity contribution >= 4 is 5.91 Å². The molecule has 0 spiro atoms. The molecular formula is C23H31N3O2. The average Bonchev–Trinajstić information content (AvgIpc) is 2.74. The molecule has 1 aliphatic heterocycles. The van der Waals surface area contributed by atoms with Gasteiger partial charge in [-0.3, -0.25) is 4.79 Å². The predicted octanol–water partition coefficient (Wildman–Crippen LogP) is 2.91. The van der Waals surface area contributed by atoms with E-state index in [2.05, 4.69) is 22.3 Å². The highest BCUT2D eigenvalue weighted by Gasteiger charge is 2.21. The number of ether oxygens (including phenoxy) is 1. The molecule has 0 unspecified atom stereocenters. The second kappa shape index (κ2) is 10.2. The van der Waals surface area contributed by atoms with Gasteiger partial charge in [0.25, 0.3) is 0 Å². The van der Waals surface area contributed by atoms with Crippen LogP contribution in [0.2, 0.25) is 0 Å². The third-order valence-electron chi connectivity index (χ3n) is 5.46. The Morgan fingerprint density at radius 3 is 2.46 bits per heavy atom. The molecule has 0 saturated carbocycles. The fraction of sp³-hybridized carbons (Fsp3) is 0.435. The van der Waals surface area contributed by atoms with Crippen LogP contribution in [0, 0.1) is 0 Å². The van der Waals surface area contributed by atoms with Crippen molar-refractivity contribution in [3.63, 3.8) is 0 Å². The molecule has 28 heavy (non-hydrogen) atoms. The van der Waals surface area contributed by atoms with Gasteiger partial charge in [-0.2, -0.15) is 0 Å². The van der Waals surface area contributed by atoms with E-state index in [1.54, 1.807) is 7.11 Å². The van der Waals surface area contributed by atoms with Gasteiger partial charge >= 0.3 is 0 Å². The molecule has 0 radical (unpaired) electrons. The minimum atomic E-state index is 0.0862. The van der Waals surface area contributed by atoms with Crippen molar-refractivity contribution < 1.29 is 9.53 Å². The standard InChI is InChI=1S/C23H31N3O2/c1-28-21-9-7-18(8-10-21)17-23(27)25-20-11-14-26(15-12-20)16-13-22(24)19-5-3-2-4-6-19/h2-10,20,22H,11-17,24H2,1H3,(H,25,27)/t22-/m1/s1. The van der Waals surface area contributed by atoms with E-state index in [1.165, 1.54) is 5.56 Å². The number of rotatable bonds is 8. The molecule has 5 heteroatoms. The molecule has 0 bridgehead atoms. The number of piperidine rings is 1. The molecule has 1 heterocycles. The molecule has 150 valence electrons. The second-order valence-electron chi connectivity index (χ2n) is 7.51. The van der Waals surface area contributed by atoms with Crippen LogP contribution in [0.1, 0.15) is 36.4 Å². The number of nitrogens with two attached hydrogens (primary N) is 1. The fourth-order valence-electron chi connectivity index (χ4n) is 3.70. The maximum atomic E-state index is 12.3. The lowest BCUT2D eigenvalue weighted by atomic mass is 10.0. The number of amides is 1. The first kappa shape index (κ1) is 20.4. The van der Waals surface area contributed by atoms with Crippen LogP contribution in [0.25, 0.3) is 0 Å². The van der Waals surface area contributed by atoms with E-state index in [1.807, 2.05) is 42.5 Å². The second-order valence-corrected chi connectivity index (χ2v) is 7.51. The van der Waals surface area contributed by atoms with Gasteiger partial charge in [-0.25, -0.2) is 0 Å². The molecule has 2 aromatic carbocycles. The number of nitrogens with one attached hydrogen (secondary N) is 1. The maximum absolute atomic E-state index is 12.3. The van der Waals surface area contributed by atoms with E-state index in [9.17, 15) is 4.79 Å². The van der Waals surface area contributed by atoms with Crippen LogP contribution in [0.15, 0.2) is 54.6 Å². The fourth-order valence-corrected chi connectivity index (χ4v) is 3.70. The van der Waals surface area contributed by atoms with Crippen LogP contribution in [-0.2, 0) is 11.2 Å². The molecular weight excluding hydrogens is 350 g/mol. The third kappa shape index (κ3) is 6.08. The van der Waals surface area contributed by atoms with Crippen molar-refractivity contribution in [2.45, 2.75) is 37.8 Å². The van der Waals surface area contributed by atoms with Crippen LogP contribution < -0.4 is 15.8 Å². The van der Waals surface area contributed by atoms with Gasteiger partial charge in [0.1, 0.15) is 5.75 Å². The van der Waals surface area contributed by atoms with Crippen LogP contribution in [0.5, 0.6) is 5.75 Å². The first-order chi connectivity index (χ1) is 13.6. The molecule has 1 fully saturated rings. The number of carbonyl (C=O) groups excluding carboxylic acids is 1. The number of benzene rings is 2. The van der Waals surface area contributed by atoms with Crippen molar-refractivity contribution in [2.24, 2.45) is 5.73 Å². The van der Waals surface area contributed by atoms with Crippen LogP contribution in [-0.4, -0.2) is 43.6 Å². The maximum Gasteiger partial charge on any atom is 0.224 e. The van der Waals surface area contributed by atoms with E-state index >= 15 is 0 Å². The van der Waals surface area contributed by atoms with E-state index in [0.717, 1.165) is 50.2 Å². The van der Waals surface area contributed by atoms with E-state index < -0.39 is 0 Å². The quantitative estimate of drug-likeness (QED) is 0.738. The monoisotopic (exact) mass is 381 g/mol. The Kier molecular flexibility index (Phi) is 7.46. The van der Waals surface area contributed by atoms with E-state index in [-0.39, 0.29) is 18.0 Å². The van der Waals surface area contributed by atoms with Gasteiger partial charge in [0, 0.05) is 25.2 Å². The van der Waals surface area contributed by atoms with Crippen molar-refractivity contribution in [2.75, 3.05) is 26.7 Å². The predicted molar refractivity (Wildman–Crippen MR) is 112 cm³/mol. The van der Waals surface area contributed by atoms with E-state index in [4.69, 9.17) is 10.5 Å². The summed E-state index contributed by atoms with van der Waals surface area (Å²) in [6.07, 6.45) is 3.36. The van der Waals surface area contributed by atoms with Gasteiger partial charge in [0.15, 0.2) is 0 Å². The zero-order valence-electron chi connectivity index (χ0n) is 16.6. The largest absolute Gasteiger partial charge is 0.497 e. The van der Waals surface area contributed by atoms with Crippen LogP contribution >= 0.6 is 0 Å². The van der Waals surface area contributed by atoms with Gasteiger partial charge in [-0.05, 0) is 49.1 Å². The van der Waals surface area contributed by atoms with Gasteiger partial charge in [0.2, 0.25) is 5.91 Å². The number of methoxy groups -OCH3 is 1. The van der Waals surface area contributed by atoms with Gasteiger partial charge in [-0.15, -0.1) is 0 Å². The summed E-state index contributed by atoms with van der Waals surface area (Å²) in [5.74, 6) is 0.901. The Balaban J connectivity index is 1.36. The Bertz CT molecular complexity index is 725. The summed E-state index contributed by atoms with van der Waals surface area (Å²) in [5.41, 5.74) is 8.51. The zero-order chi connectivity index (χ0) is 19.8. The first-order valence-corrected chi connectivity index (χ1v) is 10.1. The molecule has 2 aromatic rings. The summed E-state index contributed by atoms with van der Waals surface area (Å²) in [4.78, 5) is 14.8. The topological polar surface area (TPSA) is 67.6 Å². The number of hydrogen-bond donors (Lipinski definition) is 2. The number of hydrogen-bond acceptors (Lipinski definition) is 4. The molecule has 1 aliphatic rings. The van der Waals surface area contributed by atoms with Crippen molar-refractivity contribution in [1.29, 1.82) is 0 Å². The minimum absolute atomic E-state index is 0.0862. The molecule has 3 rings (SSSR count). The van der Waals surface area contributed by atoms with Crippen molar-refractivity contribution in [3.05, 3.63) is 65.7 Å². The average molecular weight is 382 g/mol. The Morgan fingerprint density at radius 2 is 1.82 bits per heavy atom. The molecule has 1 atom stereocenters. The highest BCUT2D eigenvalue weighted by atomic mass is 16.5. The Labute approximate surface area is 167 Å². The van der Waals surface area contributed by atoms with Crippen molar-refractivity contribution in [3.8, 4) is 5.75 Å². The number of likely N-dealkylation sites (tertiary alicyclic amines) is 1. The first-order valence-electron chi connectivity index (χ1n) is 10.1. The molecule has 0 aliphatic carbocycles. The normalized spacial score (nSPS) is 16.5. The molecule has 0 aromatic heterocycles. The molecule has 1 amide bonds. The summed E-state index contributed by atoms with van der Waals surface area (Å²) < 4.78 is 5.15. The van der Waals surface area contributed by atoms with Crippen LogP contribution in [0.3, 0.4) is 0 Å². The summed E-state index contributed by atoms with van der Waals surface area (Å²) in [7, 11) is 1.64. The summed E-state index contributed by atoms with van der Waals surface area (Å²) >= 11 is 0. The highest BCUT2D eigenvalue weighted by Crippen LogP contribution is 2.17. The van der Waals surface area contributed by atoms with E-state index in [0.29, 0.717) is 6.42 Å².